The summed E-state index contributed by atoms with van der Waals surface area (Å²) in [7, 11) is 0. The molecule has 1 fully saturated rings. The van der Waals surface area contributed by atoms with Crippen LogP contribution in [-0.4, -0.2) is 63.2 Å². The maximum atomic E-state index is 11.0. The molecule has 1 aliphatic heterocycles. The molecule has 0 unspecified atom stereocenters. The highest BCUT2D eigenvalue weighted by Crippen LogP contribution is 2.18. The number of nitrogens with zero attached hydrogens (tertiary/aromatic N) is 4. The maximum absolute atomic E-state index is 11.0. The quantitative estimate of drug-likeness (QED) is 0.719. The third kappa shape index (κ3) is 6.02. The number of piperidine rings is 1. The summed E-state index contributed by atoms with van der Waals surface area (Å²) in [6, 6.07) is 8.57. The summed E-state index contributed by atoms with van der Waals surface area (Å²) in [5, 5.41) is 13.2. The van der Waals surface area contributed by atoms with Gasteiger partial charge >= 0.3 is 5.97 Å². The van der Waals surface area contributed by atoms with Crippen molar-refractivity contribution < 1.29 is 14.4 Å². The molecule has 1 aliphatic rings. The lowest BCUT2D eigenvalue weighted by Gasteiger charge is -2.36. The van der Waals surface area contributed by atoms with Crippen LogP contribution in [-0.2, 0) is 17.8 Å². The standard InChI is InChI=1S/C20H28N4O3.ClH/c1-3-24(14-20(25)26)17-8-10-23(11-9-17)13-19-21-18(22-27-19)12-16-7-5-4-6-15(16)2;/h4-7,17H,3,8-14H2,1-2H3,(H,25,26);1H. The number of aryl methyl sites for hydroxylation is 1. The third-order valence-corrected chi connectivity index (χ3v) is 5.30. The van der Waals surface area contributed by atoms with Gasteiger partial charge in [0.1, 0.15) is 0 Å². The van der Waals surface area contributed by atoms with Crippen molar-refractivity contribution in [3.63, 3.8) is 0 Å². The predicted octanol–water partition coefficient (Wildman–Crippen LogP) is 2.76. The van der Waals surface area contributed by atoms with Crippen LogP contribution in [0.2, 0.25) is 0 Å². The van der Waals surface area contributed by atoms with Gasteiger partial charge in [0, 0.05) is 25.6 Å². The molecule has 2 heterocycles. The van der Waals surface area contributed by atoms with Gasteiger partial charge in [-0.05, 0) is 37.4 Å². The number of halogens is 1. The Hall–Kier alpha value is -1.96. The lowest BCUT2D eigenvalue weighted by molar-refractivity contribution is -0.139. The Balaban J connectivity index is 0.00000280. The van der Waals surface area contributed by atoms with Crippen molar-refractivity contribution in [2.24, 2.45) is 0 Å². The van der Waals surface area contributed by atoms with E-state index in [4.69, 9.17) is 9.63 Å². The summed E-state index contributed by atoms with van der Waals surface area (Å²) >= 11 is 0. The van der Waals surface area contributed by atoms with Gasteiger partial charge in [-0.2, -0.15) is 4.98 Å². The molecule has 8 heteroatoms. The van der Waals surface area contributed by atoms with E-state index in [-0.39, 0.29) is 19.0 Å². The van der Waals surface area contributed by atoms with E-state index in [0.717, 1.165) is 32.5 Å². The highest BCUT2D eigenvalue weighted by Gasteiger charge is 2.25. The van der Waals surface area contributed by atoms with Gasteiger partial charge in [0.05, 0.1) is 13.1 Å². The molecule has 7 nitrogen and oxygen atoms in total. The van der Waals surface area contributed by atoms with E-state index < -0.39 is 5.97 Å². The Kier molecular flexibility index (Phi) is 8.41. The molecule has 0 atom stereocenters. The molecule has 28 heavy (non-hydrogen) atoms. The second kappa shape index (κ2) is 10.5. The van der Waals surface area contributed by atoms with Gasteiger partial charge in [0.2, 0.25) is 5.89 Å². The Morgan fingerprint density at radius 3 is 2.68 bits per heavy atom. The second-order valence-corrected chi connectivity index (χ2v) is 7.17. The smallest absolute Gasteiger partial charge is 0.317 e. The molecule has 0 bridgehead atoms. The van der Waals surface area contributed by atoms with Crippen molar-refractivity contribution in [2.45, 2.75) is 45.7 Å². The molecular weight excluding hydrogens is 380 g/mol. The number of carboxylic acid groups (broad SMARTS) is 1. The van der Waals surface area contributed by atoms with Crippen molar-refractivity contribution in [1.29, 1.82) is 0 Å². The third-order valence-electron chi connectivity index (χ3n) is 5.30. The molecule has 1 saturated heterocycles. The van der Waals surface area contributed by atoms with Gasteiger partial charge in [-0.3, -0.25) is 14.6 Å². The van der Waals surface area contributed by atoms with Crippen LogP contribution in [0.1, 0.15) is 42.6 Å². The maximum Gasteiger partial charge on any atom is 0.317 e. The van der Waals surface area contributed by atoms with Crippen LogP contribution in [0.25, 0.3) is 0 Å². The summed E-state index contributed by atoms with van der Waals surface area (Å²) in [5.41, 5.74) is 2.44. The largest absolute Gasteiger partial charge is 0.480 e. The lowest BCUT2D eigenvalue weighted by atomic mass is 10.0. The fraction of sp³-hybridized carbons (Fsp3) is 0.550. The number of likely N-dealkylation sites (N-methyl/N-ethyl adjacent to an activating group) is 1. The first-order valence-electron chi connectivity index (χ1n) is 9.59. The number of hydrogen-bond acceptors (Lipinski definition) is 6. The molecule has 3 rings (SSSR count). The second-order valence-electron chi connectivity index (χ2n) is 7.17. The van der Waals surface area contributed by atoms with E-state index in [0.29, 0.717) is 30.7 Å². The molecule has 0 saturated carbocycles. The minimum atomic E-state index is -0.758. The van der Waals surface area contributed by atoms with Gasteiger partial charge in [0.15, 0.2) is 5.82 Å². The van der Waals surface area contributed by atoms with E-state index >= 15 is 0 Å². The number of aromatic nitrogens is 2. The summed E-state index contributed by atoms with van der Waals surface area (Å²) in [5.74, 6) is 0.606. The van der Waals surface area contributed by atoms with Crippen LogP contribution in [0.15, 0.2) is 28.8 Å². The van der Waals surface area contributed by atoms with Crippen molar-refractivity contribution in [1.82, 2.24) is 19.9 Å². The zero-order valence-corrected chi connectivity index (χ0v) is 17.3. The Bertz CT molecular complexity index is 759. The van der Waals surface area contributed by atoms with Crippen LogP contribution in [0, 0.1) is 6.92 Å². The zero-order valence-electron chi connectivity index (χ0n) is 16.5. The molecule has 1 aromatic heterocycles. The summed E-state index contributed by atoms with van der Waals surface area (Å²) in [6.45, 7) is 7.47. The predicted molar refractivity (Wildman–Crippen MR) is 109 cm³/mol. The monoisotopic (exact) mass is 408 g/mol. The molecule has 1 N–H and O–H groups in total. The SMILES string of the molecule is CCN(CC(=O)O)C1CCN(Cc2nc(Cc3ccccc3C)no2)CC1.Cl. The number of carbonyl (C=O) groups is 1. The molecule has 0 spiro atoms. The fourth-order valence-corrected chi connectivity index (χ4v) is 3.71. The first kappa shape index (κ1) is 22.3. The van der Waals surface area contributed by atoms with E-state index in [1.54, 1.807) is 0 Å². The van der Waals surface area contributed by atoms with Crippen LogP contribution < -0.4 is 0 Å². The summed E-state index contributed by atoms with van der Waals surface area (Å²) < 4.78 is 5.44. The average molecular weight is 409 g/mol. The minimum Gasteiger partial charge on any atom is -0.480 e. The van der Waals surface area contributed by atoms with Crippen molar-refractivity contribution in [2.75, 3.05) is 26.2 Å². The van der Waals surface area contributed by atoms with Crippen molar-refractivity contribution >= 4 is 18.4 Å². The van der Waals surface area contributed by atoms with E-state index in [2.05, 4.69) is 34.1 Å². The van der Waals surface area contributed by atoms with E-state index in [1.165, 1.54) is 11.1 Å². The molecule has 154 valence electrons. The molecule has 0 amide bonds. The number of benzene rings is 1. The molecule has 1 aromatic carbocycles. The van der Waals surface area contributed by atoms with Crippen molar-refractivity contribution in [3.05, 3.63) is 47.1 Å². The Labute approximate surface area is 172 Å². The van der Waals surface area contributed by atoms with E-state index in [9.17, 15) is 4.79 Å². The normalized spacial score (nSPS) is 15.5. The van der Waals surface area contributed by atoms with Gasteiger partial charge in [-0.15, -0.1) is 12.4 Å². The number of rotatable bonds is 8. The first-order chi connectivity index (χ1) is 13.0. The molecule has 0 aliphatic carbocycles. The number of aliphatic carboxylic acids is 1. The number of hydrogen-bond donors (Lipinski definition) is 1. The van der Waals surface area contributed by atoms with Crippen LogP contribution in [0.5, 0.6) is 0 Å². The van der Waals surface area contributed by atoms with Gasteiger partial charge in [-0.25, -0.2) is 0 Å². The van der Waals surface area contributed by atoms with Crippen LogP contribution >= 0.6 is 12.4 Å². The van der Waals surface area contributed by atoms with Crippen LogP contribution in [0.3, 0.4) is 0 Å². The van der Waals surface area contributed by atoms with Crippen LogP contribution in [0.4, 0.5) is 0 Å². The Morgan fingerprint density at radius 2 is 2.04 bits per heavy atom. The summed E-state index contributed by atoms with van der Waals surface area (Å²) in [6.07, 6.45) is 2.61. The molecular formula is C20H29ClN4O3. The van der Waals surface area contributed by atoms with E-state index in [1.807, 2.05) is 24.0 Å². The van der Waals surface area contributed by atoms with Gasteiger partial charge in [-0.1, -0.05) is 36.3 Å². The fourth-order valence-electron chi connectivity index (χ4n) is 3.71. The number of likely N-dealkylation sites (tertiary alicyclic amines) is 1. The van der Waals surface area contributed by atoms with Gasteiger partial charge < -0.3 is 9.63 Å². The lowest BCUT2D eigenvalue weighted by Crippen LogP contribution is -2.46. The zero-order chi connectivity index (χ0) is 19.2. The molecule has 0 radical (unpaired) electrons. The topological polar surface area (TPSA) is 82.7 Å². The highest BCUT2D eigenvalue weighted by molar-refractivity contribution is 5.85. The van der Waals surface area contributed by atoms with Gasteiger partial charge in [0.25, 0.3) is 0 Å². The number of carboxylic acids is 1. The molecule has 2 aromatic rings. The van der Waals surface area contributed by atoms with Crippen molar-refractivity contribution in [3.8, 4) is 0 Å². The minimum absolute atomic E-state index is 0. The summed E-state index contributed by atoms with van der Waals surface area (Å²) in [4.78, 5) is 19.9. The first-order valence-corrected chi connectivity index (χ1v) is 9.59. The highest BCUT2D eigenvalue weighted by atomic mass is 35.5. The Morgan fingerprint density at radius 1 is 1.32 bits per heavy atom. The average Bonchev–Trinajstić information content (AvgIpc) is 3.09.